The van der Waals surface area contributed by atoms with E-state index in [0.29, 0.717) is 0 Å². The van der Waals surface area contributed by atoms with Gasteiger partial charge in [-0.3, -0.25) is 0 Å². The zero-order valence-corrected chi connectivity index (χ0v) is 6.12. The Hall–Kier alpha value is 0.874. The van der Waals surface area contributed by atoms with Gasteiger partial charge in [0.1, 0.15) is 20.8 Å². The first-order valence-corrected chi connectivity index (χ1v) is 3.05. The normalized spacial score (nSPS) is 9.60. The van der Waals surface area contributed by atoms with Gasteiger partial charge in [-0.1, -0.05) is 15.9 Å². The Morgan fingerprint density at radius 3 is 1.80 bits per heavy atom. The maximum absolute atomic E-state index is 3.14. The van der Waals surface area contributed by atoms with Crippen LogP contribution >= 0.6 is 15.9 Å². The molecule has 0 aliphatic carbocycles. The standard InChI is InChI=1S/CH2BrNSi2/c2-1-3(4)5/h1H2. The molecular formula is CH2BrNSi2. The van der Waals surface area contributed by atoms with E-state index in [4.69, 9.17) is 0 Å². The van der Waals surface area contributed by atoms with E-state index in [-0.39, 0.29) is 0 Å². The van der Waals surface area contributed by atoms with Gasteiger partial charge in [-0.25, -0.2) is 0 Å². The van der Waals surface area contributed by atoms with Crippen LogP contribution in [-0.4, -0.2) is 30.5 Å². The molecule has 0 aromatic heterocycles. The molecule has 0 aromatic carbocycles. The average molecular weight is 164 g/mol. The van der Waals surface area contributed by atoms with E-state index in [2.05, 4.69) is 36.7 Å². The van der Waals surface area contributed by atoms with Gasteiger partial charge in [0.15, 0.2) is 0 Å². The smallest absolute Gasteiger partial charge is 0.135 e. The Morgan fingerprint density at radius 1 is 1.60 bits per heavy atom. The van der Waals surface area contributed by atoms with Gasteiger partial charge < -0.3 is 4.23 Å². The summed E-state index contributed by atoms with van der Waals surface area (Å²) in [6, 6.07) is 0. The van der Waals surface area contributed by atoms with Gasteiger partial charge in [0.2, 0.25) is 0 Å². The summed E-state index contributed by atoms with van der Waals surface area (Å²) < 4.78 is 1.65. The zero-order chi connectivity index (χ0) is 4.28. The van der Waals surface area contributed by atoms with Crippen LogP contribution in [0.5, 0.6) is 0 Å². The second-order valence-corrected chi connectivity index (χ2v) is 2.58. The van der Waals surface area contributed by atoms with Crippen molar-refractivity contribution in [2.45, 2.75) is 0 Å². The first-order valence-electron chi connectivity index (χ1n) is 1.03. The van der Waals surface area contributed by atoms with Crippen LogP contribution in [0.15, 0.2) is 0 Å². The van der Waals surface area contributed by atoms with Gasteiger partial charge in [-0.05, 0) is 0 Å². The number of rotatable bonds is 1. The monoisotopic (exact) mass is 163 g/mol. The van der Waals surface area contributed by atoms with Crippen molar-refractivity contribution in [1.82, 2.24) is 4.23 Å². The highest BCUT2D eigenvalue weighted by Gasteiger charge is 1.75. The second kappa shape index (κ2) is 3.08. The van der Waals surface area contributed by atoms with Crippen molar-refractivity contribution in [2.75, 3.05) is 5.45 Å². The van der Waals surface area contributed by atoms with Crippen LogP contribution < -0.4 is 0 Å². The van der Waals surface area contributed by atoms with Crippen LogP contribution in [0, 0.1) is 0 Å². The van der Waals surface area contributed by atoms with E-state index in [1.54, 1.807) is 4.23 Å². The third-order valence-corrected chi connectivity index (χ3v) is 1.86. The van der Waals surface area contributed by atoms with Crippen molar-refractivity contribution in [3.63, 3.8) is 0 Å². The minimum Gasteiger partial charge on any atom is -0.343 e. The Morgan fingerprint density at radius 2 is 1.80 bits per heavy atom. The van der Waals surface area contributed by atoms with Gasteiger partial charge in [0.25, 0.3) is 0 Å². The summed E-state index contributed by atoms with van der Waals surface area (Å²) in [5.41, 5.74) is 0.779. The van der Waals surface area contributed by atoms with Crippen molar-refractivity contribution in [2.24, 2.45) is 0 Å². The highest BCUT2D eigenvalue weighted by atomic mass is 79.9. The van der Waals surface area contributed by atoms with E-state index < -0.39 is 0 Å². The average Bonchev–Trinajstić information content (AvgIpc) is 1.38. The summed E-state index contributed by atoms with van der Waals surface area (Å²) in [7, 11) is 6.23. The third-order valence-electron chi connectivity index (χ3n) is 0.120. The fourth-order valence-corrected chi connectivity index (χ4v) is 0. The van der Waals surface area contributed by atoms with Crippen molar-refractivity contribution in [3.8, 4) is 0 Å². The fourth-order valence-electron chi connectivity index (χ4n) is 0. The van der Waals surface area contributed by atoms with Crippen LogP contribution in [0.2, 0.25) is 0 Å². The van der Waals surface area contributed by atoms with E-state index in [1.165, 1.54) is 0 Å². The Balaban J connectivity index is 2.54. The highest BCUT2D eigenvalue weighted by Crippen LogP contribution is 1.76. The molecule has 0 aliphatic rings. The maximum atomic E-state index is 3.14. The molecule has 4 heteroatoms. The van der Waals surface area contributed by atoms with E-state index >= 15 is 0 Å². The molecule has 0 unspecified atom stereocenters. The predicted octanol–water partition coefficient (Wildman–Crippen LogP) is -0.192. The van der Waals surface area contributed by atoms with Gasteiger partial charge >= 0.3 is 0 Å². The molecule has 1 nitrogen and oxygen atoms in total. The Bertz CT molecular complexity index is 23.6. The summed E-state index contributed by atoms with van der Waals surface area (Å²) in [6.07, 6.45) is 0. The first kappa shape index (κ1) is 5.87. The topological polar surface area (TPSA) is 3.24 Å². The molecule has 5 heavy (non-hydrogen) atoms. The molecule has 0 heterocycles. The largest absolute Gasteiger partial charge is 0.343 e. The lowest BCUT2D eigenvalue weighted by Crippen LogP contribution is -2.11. The molecule has 0 aliphatic heterocycles. The lowest BCUT2D eigenvalue weighted by molar-refractivity contribution is 0.864. The molecule has 0 fully saturated rings. The minimum atomic E-state index is 0.779. The van der Waals surface area contributed by atoms with Crippen molar-refractivity contribution < 1.29 is 0 Å². The van der Waals surface area contributed by atoms with Crippen LogP contribution in [0.4, 0.5) is 0 Å². The van der Waals surface area contributed by atoms with E-state index in [9.17, 15) is 0 Å². The number of halogens is 1. The van der Waals surface area contributed by atoms with Crippen molar-refractivity contribution >= 4 is 36.7 Å². The SMILES string of the molecule is [Si]N([Si])CBr. The molecule has 0 aromatic rings. The maximum Gasteiger partial charge on any atom is 0.135 e. The number of alkyl halides is 1. The Kier molecular flexibility index (Phi) is 3.62. The lowest BCUT2D eigenvalue weighted by Gasteiger charge is -1.97. The molecule has 0 saturated carbocycles. The van der Waals surface area contributed by atoms with Gasteiger partial charge in [-0.15, -0.1) is 0 Å². The number of hydrogen-bond acceptors (Lipinski definition) is 1. The van der Waals surface area contributed by atoms with Crippen molar-refractivity contribution in [1.29, 1.82) is 0 Å². The zero-order valence-electron chi connectivity index (χ0n) is 2.53. The molecule has 0 bridgehead atoms. The molecule has 0 rings (SSSR count). The van der Waals surface area contributed by atoms with E-state index in [1.807, 2.05) is 0 Å². The minimum absolute atomic E-state index is 0.779. The van der Waals surface area contributed by atoms with Crippen LogP contribution in [0.1, 0.15) is 0 Å². The highest BCUT2D eigenvalue weighted by molar-refractivity contribution is 9.09. The molecule has 0 amide bonds. The summed E-state index contributed by atoms with van der Waals surface area (Å²) in [5.74, 6) is 0. The molecule has 26 valence electrons. The molecule has 0 N–H and O–H groups in total. The van der Waals surface area contributed by atoms with Gasteiger partial charge in [-0.2, -0.15) is 0 Å². The van der Waals surface area contributed by atoms with Gasteiger partial charge in [0, 0.05) is 5.45 Å². The van der Waals surface area contributed by atoms with Gasteiger partial charge in [0.05, 0.1) is 0 Å². The number of nitrogens with zero attached hydrogens (tertiary/aromatic N) is 1. The van der Waals surface area contributed by atoms with Crippen LogP contribution in [-0.2, 0) is 0 Å². The molecule has 0 atom stereocenters. The first-order chi connectivity index (χ1) is 2.27. The second-order valence-electron chi connectivity index (χ2n) is 0.548. The van der Waals surface area contributed by atoms with Crippen LogP contribution in [0.25, 0.3) is 0 Å². The summed E-state index contributed by atoms with van der Waals surface area (Å²) >= 11 is 3.14. The quantitative estimate of drug-likeness (QED) is 0.295. The summed E-state index contributed by atoms with van der Waals surface area (Å²) in [6.45, 7) is 0. The number of hydrogen-bond donors (Lipinski definition) is 0. The Labute approximate surface area is 46.9 Å². The van der Waals surface area contributed by atoms with E-state index in [0.717, 1.165) is 5.45 Å². The lowest BCUT2D eigenvalue weighted by atomic mass is 11.6. The predicted molar refractivity (Wildman–Crippen MR) is 27.1 cm³/mol. The summed E-state index contributed by atoms with van der Waals surface area (Å²) in [5, 5.41) is 0. The molecule has 6 radical (unpaired) electrons. The molecule has 0 spiro atoms. The summed E-state index contributed by atoms with van der Waals surface area (Å²) in [4.78, 5) is 0. The molecule has 0 saturated heterocycles. The third kappa shape index (κ3) is 4.87. The van der Waals surface area contributed by atoms with Crippen molar-refractivity contribution in [3.05, 3.63) is 0 Å². The molecular weight excluding hydrogens is 162 g/mol. The fraction of sp³-hybridized carbons (Fsp3) is 1.00. The van der Waals surface area contributed by atoms with Crippen LogP contribution in [0.3, 0.4) is 0 Å².